The summed E-state index contributed by atoms with van der Waals surface area (Å²) in [6, 6.07) is 0. The van der Waals surface area contributed by atoms with Gasteiger partial charge >= 0.3 is 5.97 Å². The van der Waals surface area contributed by atoms with E-state index < -0.39 is 5.54 Å². The zero-order valence-corrected chi connectivity index (χ0v) is 12.3. The predicted octanol–water partition coefficient (Wildman–Crippen LogP) is 1.65. The minimum Gasteiger partial charge on any atom is -0.468 e. The van der Waals surface area contributed by atoms with Crippen molar-refractivity contribution in [1.29, 1.82) is 0 Å². The number of nitrogens with one attached hydrogen (secondary N) is 1. The van der Waals surface area contributed by atoms with Crippen molar-refractivity contribution < 1.29 is 9.53 Å². The molecule has 4 nitrogen and oxygen atoms in total. The molecule has 1 N–H and O–H groups in total. The van der Waals surface area contributed by atoms with E-state index in [0.29, 0.717) is 0 Å². The zero-order chi connectivity index (χ0) is 13.6. The van der Waals surface area contributed by atoms with E-state index >= 15 is 0 Å². The molecule has 0 aromatic carbocycles. The van der Waals surface area contributed by atoms with E-state index in [1.807, 2.05) is 6.92 Å². The van der Waals surface area contributed by atoms with E-state index in [1.54, 1.807) is 0 Å². The summed E-state index contributed by atoms with van der Waals surface area (Å²) in [4.78, 5) is 14.3. The van der Waals surface area contributed by atoms with Crippen LogP contribution in [-0.4, -0.2) is 49.7 Å². The van der Waals surface area contributed by atoms with Crippen molar-refractivity contribution >= 4 is 5.97 Å². The van der Waals surface area contributed by atoms with Crippen molar-refractivity contribution in [2.45, 2.75) is 45.6 Å². The van der Waals surface area contributed by atoms with E-state index in [0.717, 1.165) is 44.9 Å². The van der Waals surface area contributed by atoms with Crippen molar-refractivity contribution in [1.82, 2.24) is 10.2 Å². The molecule has 0 radical (unpaired) electrons. The SMILES string of the molecule is CCCNC(C)(CCN1CCC(C)C1)C(=O)OC. The van der Waals surface area contributed by atoms with Crippen molar-refractivity contribution in [2.75, 3.05) is 33.3 Å². The molecule has 1 aliphatic heterocycles. The Kier molecular flexibility index (Phi) is 6.09. The standard InChI is InChI=1S/C14H28N2O2/c1-5-8-15-14(3,13(17)18-4)7-10-16-9-6-12(2)11-16/h12,15H,5-11H2,1-4H3. The Morgan fingerprint density at radius 1 is 1.56 bits per heavy atom. The van der Waals surface area contributed by atoms with Gasteiger partial charge in [-0.1, -0.05) is 13.8 Å². The number of ether oxygens (including phenoxy) is 1. The number of esters is 1. The number of hydrogen-bond donors (Lipinski definition) is 1. The van der Waals surface area contributed by atoms with E-state index in [1.165, 1.54) is 13.5 Å². The topological polar surface area (TPSA) is 41.6 Å². The van der Waals surface area contributed by atoms with Crippen LogP contribution >= 0.6 is 0 Å². The maximum Gasteiger partial charge on any atom is 0.325 e. The van der Waals surface area contributed by atoms with Crippen LogP contribution in [0.5, 0.6) is 0 Å². The highest BCUT2D eigenvalue weighted by Crippen LogP contribution is 2.18. The molecule has 0 bridgehead atoms. The van der Waals surface area contributed by atoms with Crippen LogP contribution < -0.4 is 5.32 Å². The van der Waals surface area contributed by atoms with E-state index in [-0.39, 0.29) is 5.97 Å². The first kappa shape index (κ1) is 15.4. The molecule has 0 amide bonds. The Morgan fingerprint density at radius 2 is 2.28 bits per heavy atom. The highest BCUT2D eigenvalue weighted by atomic mass is 16.5. The second-order valence-electron chi connectivity index (χ2n) is 5.69. The lowest BCUT2D eigenvalue weighted by molar-refractivity contribution is -0.148. The fourth-order valence-corrected chi connectivity index (χ4v) is 2.50. The van der Waals surface area contributed by atoms with Gasteiger partial charge < -0.3 is 15.0 Å². The summed E-state index contributed by atoms with van der Waals surface area (Å²) in [5.74, 6) is 0.640. The zero-order valence-electron chi connectivity index (χ0n) is 12.3. The van der Waals surface area contributed by atoms with Crippen LogP contribution in [0.25, 0.3) is 0 Å². The Hall–Kier alpha value is -0.610. The quantitative estimate of drug-likeness (QED) is 0.703. The molecule has 0 aromatic rings. The molecule has 2 atom stereocenters. The Balaban J connectivity index is 2.47. The molecule has 1 heterocycles. The first-order chi connectivity index (χ1) is 8.51. The Labute approximate surface area is 111 Å². The summed E-state index contributed by atoms with van der Waals surface area (Å²) < 4.78 is 4.93. The minimum atomic E-state index is -0.545. The number of carbonyl (C=O) groups excluding carboxylic acids is 1. The first-order valence-corrected chi connectivity index (χ1v) is 7.07. The third-order valence-corrected chi connectivity index (χ3v) is 3.84. The molecule has 0 saturated carbocycles. The predicted molar refractivity (Wildman–Crippen MR) is 73.6 cm³/mol. The fraction of sp³-hybridized carbons (Fsp3) is 0.929. The summed E-state index contributed by atoms with van der Waals surface area (Å²) in [7, 11) is 1.46. The van der Waals surface area contributed by atoms with Gasteiger partial charge in [0.25, 0.3) is 0 Å². The molecular weight excluding hydrogens is 228 g/mol. The summed E-state index contributed by atoms with van der Waals surface area (Å²) >= 11 is 0. The van der Waals surface area contributed by atoms with E-state index in [2.05, 4.69) is 24.1 Å². The second-order valence-corrected chi connectivity index (χ2v) is 5.69. The van der Waals surface area contributed by atoms with Crippen LogP contribution in [0.15, 0.2) is 0 Å². The van der Waals surface area contributed by atoms with Crippen LogP contribution in [0, 0.1) is 5.92 Å². The van der Waals surface area contributed by atoms with E-state index in [4.69, 9.17) is 4.74 Å². The van der Waals surface area contributed by atoms with Gasteiger partial charge in [-0.15, -0.1) is 0 Å². The molecule has 1 rings (SSSR count). The number of hydrogen-bond acceptors (Lipinski definition) is 4. The highest BCUT2D eigenvalue weighted by Gasteiger charge is 2.34. The van der Waals surface area contributed by atoms with Gasteiger partial charge in [-0.3, -0.25) is 4.79 Å². The second kappa shape index (κ2) is 7.10. The van der Waals surface area contributed by atoms with Crippen molar-refractivity contribution in [3.8, 4) is 0 Å². The van der Waals surface area contributed by atoms with Gasteiger partial charge in [0, 0.05) is 13.1 Å². The number of methoxy groups -OCH3 is 1. The normalized spacial score (nSPS) is 23.9. The van der Waals surface area contributed by atoms with Crippen molar-refractivity contribution in [3.63, 3.8) is 0 Å². The molecule has 106 valence electrons. The van der Waals surface area contributed by atoms with Gasteiger partial charge in [0.2, 0.25) is 0 Å². The lowest BCUT2D eigenvalue weighted by Gasteiger charge is -2.30. The molecule has 1 fully saturated rings. The molecular formula is C14H28N2O2. The average molecular weight is 256 g/mol. The number of likely N-dealkylation sites (tertiary alicyclic amines) is 1. The Morgan fingerprint density at radius 3 is 2.78 bits per heavy atom. The van der Waals surface area contributed by atoms with Crippen molar-refractivity contribution in [3.05, 3.63) is 0 Å². The molecule has 2 unspecified atom stereocenters. The monoisotopic (exact) mass is 256 g/mol. The smallest absolute Gasteiger partial charge is 0.325 e. The van der Waals surface area contributed by atoms with Crippen LogP contribution in [0.4, 0.5) is 0 Å². The molecule has 1 aliphatic rings. The molecule has 4 heteroatoms. The van der Waals surface area contributed by atoms with Gasteiger partial charge in [0.1, 0.15) is 5.54 Å². The summed E-state index contributed by atoms with van der Waals surface area (Å²) in [5.41, 5.74) is -0.545. The van der Waals surface area contributed by atoms with Gasteiger partial charge in [-0.2, -0.15) is 0 Å². The molecule has 1 saturated heterocycles. The van der Waals surface area contributed by atoms with E-state index in [9.17, 15) is 4.79 Å². The van der Waals surface area contributed by atoms with Gasteiger partial charge in [-0.05, 0) is 45.2 Å². The third-order valence-electron chi connectivity index (χ3n) is 3.84. The summed E-state index contributed by atoms with van der Waals surface area (Å²) in [6.07, 6.45) is 3.11. The van der Waals surface area contributed by atoms with Gasteiger partial charge in [-0.25, -0.2) is 0 Å². The lowest BCUT2D eigenvalue weighted by atomic mass is 9.97. The maximum atomic E-state index is 11.9. The third kappa shape index (κ3) is 4.25. The first-order valence-electron chi connectivity index (χ1n) is 7.07. The van der Waals surface area contributed by atoms with Crippen LogP contribution in [-0.2, 0) is 9.53 Å². The molecule has 18 heavy (non-hydrogen) atoms. The van der Waals surface area contributed by atoms with Gasteiger partial charge in [0.05, 0.1) is 7.11 Å². The van der Waals surface area contributed by atoms with Crippen LogP contribution in [0.2, 0.25) is 0 Å². The molecule has 0 spiro atoms. The highest BCUT2D eigenvalue weighted by molar-refractivity contribution is 5.80. The molecule has 0 aromatic heterocycles. The number of rotatable bonds is 7. The number of nitrogens with zero attached hydrogens (tertiary/aromatic N) is 1. The maximum absolute atomic E-state index is 11.9. The van der Waals surface area contributed by atoms with Gasteiger partial charge in [0.15, 0.2) is 0 Å². The summed E-state index contributed by atoms with van der Waals surface area (Å²) in [6.45, 7) is 10.5. The van der Waals surface area contributed by atoms with Crippen LogP contribution in [0.3, 0.4) is 0 Å². The minimum absolute atomic E-state index is 0.150. The number of carbonyl (C=O) groups is 1. The average Bonchev–Trinajstić information content (AvgIpc) is 2.78. The fourth-order valence-electron chi connectivity index (χ4n) is 2.50. The van der Waals surface area contributed by atoms with Crippen molar-refractivity contribution in [2.24, 2.45) is 5.92 Å². The largest absolute Gasteiger partial charge is 0.468 e. The summed E-state index contributed by atoms with van der Waals surface area (Å²) in [5, 5.41) is 3.33. The van der Waals surface area contributed by atoms with Crippen LogP contribution in [0.1, 0.15) is 40.0 Å². The Bertz CT molecular complexity index is 271. The lowest BCUT2D eigenvalue weighted by Crippen LogP contribution is -2.52. The molecule has 0 aliphatic carbocycles.